The number of aliphatic hydroxyl groups excluding tert-OH is 1. The zero-order chi connectivity index (χ0) is 15.2. The molecular formula is C12H24N2O4S2. The van der Waals surface area contributed by atoms with Crippen LogP contribution in [0.1, 0.15) is 26.2 Å². The van der Waals surface area contributed by atoms with E-state index in [1.54, 1.807) is 23.6 Å². The molecule has 0 aromatic rings. The Labute approximate surface area is 125 Å². The highest BCUT2D eigenvalue weighted by Gasteiger charge is 2.29. The summed E-state index contributed by atoms with van der Waals surface area (Å²) in [5.74, 6) is 0.511. The minimum Gasteiger partial charge on any atom is -0.393 e. The second-order valence-corrected chi connectivity index (χ2v) is 7.94. The van der Waals surface area contributed by atoms with Crippen molar-refractivity contribution in [2.75, 3.05) is 30.9 Å². The fourth-order valence-corrected chi connectivity index (χ4v) is 3.37. The minimum atomic E-state index is -3.40. The molecule has 1 saturated heterocycles. The van der Waals surface area contributed by atoms with Crippen molar-refractivity contribution >= 4 is 27.7 Å². The van der Waals surface area contributed by atoms with E-state index in [1.807, 2.05) is 6.26 Å². The van der Waals surface area contributed by atoms with E-state index >= 15 is 0 Å². The Hall–Kier alpha value is -0.310. The molecule has 0 aromatic heterocycles. The highest BCUT2D eigenvalue weighted by Crippen LogP contribution is 2.13. The lowest BCUT2D eigenvalue weighted by Crippen LogP contribution is -2.51. The molecule has 0 aromatic carbocycles. The molecule has 1 aliphatic rings. The van der Waals surface area contributed by atoms with E-state index in [4.69, 9.17) is 0 Å². The average Bonchev–Trinajstić information content (AvgIpc) is 2.43. The third-order valence-electron chi connectivity index (χ3n) is 3.39. The number of piperidine rings is 1. The topological polar surface area (TPSA) is 86.7 Å². The van der Waals surface area contributed by atoms with Crippen LogP contribution in [0.2, 0.25) is 0 Å². The van der Waals surface area contributed by atoms with Crippen molar-refractivity contribution in [1.29, 1.82) is 0 Å². The number of hydrogen-bond acceptors (Lipinski definition) is 5. The van der Waals surface area contributed by atoms with Gasteiger partial charge in [-0.05, 0) is 38.2 Å². The van der Waals surface area contributed by atoms with Gasteiger partial charge in [-0.3, -0.25) is 4.79 Å². The molecule has 1 unspecified atom stereocenters. The number of sulfonamides is 1. The largest absolute Gasteiger partial charge is 0.393 e. The lowest BCUT2D eigenvalue weighted by molar-refractivity contribution is -0.135. The van der Waals surface area contributed by atoms with Crippen LogP contribution in [0, 0.1) is 0 Å². The maximum Gasteiger partial charge on any atom is 0.240 e. The predicted octanol–water partition coefficient (Wildman–Crippen LogP) is 0.0307. The number of likely N-dealkylation sites (tertiary alicyclic amines) is 1. The van der Waals surface area contributed by atoms with E-state index in [0.29, 0.717) is 32.4 Å². The third-order valence-corrected chi connectivity index (χ3v) is 5.43. The summed E-state index contributed by atoms with van der Waals surface area (Å²) in [5.41, 5.74) is 0. The standard InChI is InChI=1S/C12H24N2O4S2/c1-3-20(17,18)13-11(6-9-19-2)12(16)14-7-4-10(15)5-8-14/h10-11,13,15H,3-9H2,1-2H3. The fraction of sp³-hybridized carbons (Fsp3) is 0.917. The van der Waals surface area contributed by atoms with Crippen molar-refractivity contribution in [2.24, 2.45) is 0 Å². The highest BCUT2D eigenvalue weighted by molar-refractivity contribution is 7.98. The smallest absolute Gasteiger partial charge is 0.240 e. The second-order valence-electron chi connectivity index (χ2n) is 4.91. The molecule has 1 fully saturated rings. The van der Waals surface area contributed by atoms with Gasteiger partial charge in [-0.15, -0.1) is 0 Å². The summed E-state index contributed by atoms with van der Waals surface area (Å²) in [4.78, 5) is 14.1. The van der Waals surface area contributed by atoms with Gasteiger partial charge in [-0.2, -0.15) is 11.8 Å². The number of carbonyl (C=O) groups excluding carboxylic acids is 1. The molecule has 8 heteroatoms. The maximum absolute atomic E-state index is 12.4. The first-order valence-corrected chi connectivity index (χ1v) is 9.90. The zero-order valence-electron chi connectivity index (χ0n) is 12.0. The van der Waals surface area contributed by atoms with Crippen LogP contribution in [0.25, 0.3) is 0 Å². The van der Waals surface area contributed by atoms with Crippen LogP contribution >= 0.6 is 11.8 Å². The average molecular weight is 324 g/mol. The number of nitrogens with one attached hydrogen (secondary N) is 1. The molecule has 6 nitrogen and oxygen atoms in total. The number of hydrogen-bond donors (Lipinski definition) is 2. The molecule has 1 amide bonds. The monoisotopic (exact) mass is 324 g/mol. The zero-order valence-corrected chi connectivity index (χ0v) is 13.7. The molecule has 1 rings (SSSR count). The van der Waals surface area contributed by atoms with Crippen LogP contribution in [0.5, 0.6) is 0 Å². The van der Waals surface area contributed by atoms with Crippen LogP contribution in [0.15, 0.2) is 0 Å². The molecular weight excluding hydrogens is 300 g/mol. The van der Waals surface area contributed by atoms with Gasteiger partial charge in [0.2, 0.25) is 15.9 Å². The summed E-state index contributed by atoms with van der Waals surface area (Å²) >= 11 is 1.58. The molecule has 0 bridgehead atoms. The summed E-state index contributed by atoms with van der Waals surface area (Å²) in [5, 5.41) is 9.46. The Morgan fingerprint density at radius 2 is 2.05 bits per heavy atom. The molecule has 1 heterocycles. The number of nitrogens with zero attached hydrogens (tertiary/aromatic N) is 1. The highest BCUT2D eigenvalue weighted by atomic mass is 32.2. The van der Waals surface area contributed by atoms with Gasteiger partial charge >= 0.3 is 0 Å². The van der Waals surface area contributed by atoms with Crippen molar-refractivity contribution < 1.29 is 18.3 Å². The van der Waals surface area contributed by atoms with Gasteiger partial charge in [0.25, 0.3) is 0 Å². The fourth-order valence-electron chi connectivity index (χ4n) is 2.08. The van der Waals surface area contributed by atoms with E-state index in [-0.39, 0.29) is 17.8 Å². The number of thioether (sulfide) groups is 1. The Balaban J connectivity index is 2.68. The van der Waals surface area contributed by atoms with Crippen LogP contribution < -0.4 is 4.72 Å². The maximum atomic E-state index is 12.4. The molecule has 0 aliphatic carbocycles. The first-order chi connectivity index (χ1) is 9.39. The Kier molecular flexibility index (Phi) is 7.28. The molecule has 0 saturated carbocycles. The quantitative estimate of drug-likeness (QED) is 0.690. The number of rotatable bonds is 7. The van der Waals surface area contributed by atoms with Crippen molar-refractivity contribution in [3.63, 3.8) is 0 Å². The van der Waals surface area contributed by atoms with Crippen molar-refractivity contribution in [2.45, 2.75) is 38.3 Å². The van der Waals surface area contributed by atoms with Crippen molar-refractivity contribution in [3.8, 4) is 0 Å². The first kappa shape index (κ1) is 17.7. The van der Waals surface area contributed by atoms with Crippen molar-refractivity contribution in [1.82, 2.24) is 9.62 Å². The van der Waals surface area contributed by atoms with Crippen LogP contribution in [-0.4, -0.2) is 67.3 Å². The molecule has 118 valence electrons. The third kappa shape index (κ3) is 5.59. The van der Waals surface area contributed by atoms with E-state index in [0.717, 1.165) is 5.75 Å². The van der Waals surface area contributed by atoms with Gasteiger partial charge < -0.3 is 10.0 Å². The minimum absolute atomic E-state index is 0.0330. The van der Waals surface area contributed by atoms with Gasteiger partial charge in [-0.1, -0.05) is 0 Å². The van der Waals surface area contributed by atoms with E-state index in [1.165, 1.54) is 0 Å². The molecule has 1 atom stereocenters. The van der Waals surface area contributed by atoms with E-state index in [9.17, 15) is 18.3 Å². The SMILES string of the molecule is CCS(=O)(=O)NC(CCSC)C(=O)N1CCC(O)CC1. The Morgan fingerprint density at radius 3 is 2.55 bits per heavy atom. The number of amides is 1. The van der Waals surface area contributed by atoms with Crippen molar-refractivity contribution in [3.05, 3.63) is 0 Å². The van der Waals surface area contributed by atoms with E-state index < -0.39 is 16.1 Å². The summed E-state index contributed by atoms with van der Waals surface area (Å²) in [6.07, 6.45) is 3.17. The van der Waals surface area contributed by atoms with Crippen LogP contribution in [0.4, 0.5) is 0 Å². The predicted molar refractivity (Wildman–Crippen MR) is 81.2 cm³/mol. The summed E-state index contributed by atoms with van der Waals surface area (Å²) in [7, 11) is -3.40. The van der Waals surface area contributed by atoms with Crippen LogP contribution in [-0.2, 0) is 14.8 Å². The van der Waals surface area contributed by atoms with Gasteiger partial charge in [-0.25, -0.2) is 13.1 Å². The summed E-state index contributed by atoms with van der Waals surface area (Å²) in [6, 6.07) is -0.692. The van der Waals surface area contributed by atoms with Gasteiger partial charge in [0.15, 0.2) is 0 Å². The lowest BCUT2D eigenvalue weighted by atomic mass is 10.1. The second kappa shape index (κ2) is 8.21. The van der Waals surface area contributed by atoms with Gasteiger partial charge in [0, 0.05) is 13.1 Å². The molecule has 20 heavy (non-hydrogen) atoms. The lowest BCUT2D eigenvalue weighted by Gasteiger charge is -2.32. The van der Waals surface area contributed by atoms with E-state index in [2.05, 4.69) is 4.72 Å². The number of aliphatic hydroxyl groups is 1. The summed E-state index contributed by atoms with van der Waals surface area (Å²) in [6.45, 7) is 2.53. The molecule has 1 aliphatic heterocycles. The normalized spacial score (nSPS) is 19.1. The Morgan fingerprint density at radius 1 is 1.45 bits per heavy atom. The number of carbonyl (C=O) groups is 1. The van der Waals surface area contributed by atoms with Gasteiger partial charge in [0.1, 0.15) is 6.04 Å². The molecule has 0 spiro atoms. The van der Waals surface area contributed by atoms with Gasteiger partial charge in [0.05, 0.1) is 11.9 Å². The first-order valence-electron chi connectivity index (χ1n) is 6.85. The Bertz CT molecular complexity index is 406. The molecule has 0 radical (unpaired) electrons. The summed E-state index contributed by atoms with van der Waals surface area (Å²) < 4.78 is 25.9. The van der Waals surface area contributed by atoms with Crippen LogP contribution in [0.3, 0.4) is 0 Å². The molecule has 2 N–H and O–H groups in total.